The quantitative estimate of drug-likeness (QED) is 0.453. The van der Waals surface area contributed by atoms with Crippen molar-refractivity contribution in [2.75, 3.05) is 7.11 Å². The first kappa shape index (κ1) is 22.4. The van der Waals surface area contributed by atoms with Crippen LogP contribution in [0.15, 0.2) is 65.6 Å². The first-order valence-corrected chi connectivity index (χ1v) is 10.6. The van der Waals surface area contributed by atoms with Crippen molar-refractivity contribution in [3.63, 3.8) is 0 Å². The van der Waals surface area contributed by atoms with Crippen LogP contribution in [0.25, 0.3) is 10.9 Å². The summed E-state index contributed by atoms with van der Waals surface area (Å²) in [5, 5.41) is 14.8. The van der Waals surface area contributed by atoms with E-state index < -0.39 is 0 Å². The Labute approximate surface area is 195 Å². The zero-order valence-corrected chi connectivity index (χ0v) is 18.9. The maximum atomic E-state index is 12.9. The summed E-state index contributed by atoms with van der Waals surface area (Å²) in [5.41, 5.74) is 2.53. The molecule has 0 spiro atoms. The smallest absolute Gasteiger partial charge is 0.258 e. The number of halogens is 1. The maximum Gasteiger partial charge on any atom is 0.258 e. The predicted molar refractivity (Wildman–Crippen MR) is 127 cm³/mol. The Kier molecular flexibility index (Phi) is 6.33. The van der Waals surface area contributed by atoms with Gasteiger partial charge in [-0.2, -0.15) is 0 Å². The van der Waals surface area contributed by atoms with Crippen molar-refractivity contribution in [1.82, 2.24) is 14.9 Å². The van der Waals surface area contributed by atoms with Crippen LogP contribution < -0.4 is 15.6 Å². The number of nitrogens with one attached hydrogen (secondary N) is 1. The van der Waals surface area contributed by atoms with Crippen LogP contribution in [0.3, 0.4) is 0 Å². The first-order valence-electron chi connectivity index (χ1n) is 10.2. The molecule has 33 heavy (non-hydrogen) atoms. The van der Waals surface area contributed by atoms with Crippen molar-refractivity contribution >= 4 is 28.4 Å². The van der Waals surface area contributed by atoms with E-state index in [9.17, 15) is 14.7 Å². The maximum absolute atomic E-state index is 12.9. The molecule has 0 fully saturated rings. The Bertz CT molecular complexity index is 1380. The van der Waals surface area contributed by atoms with Gasteiger partial charge in [-0.05, 0) is 41.5 Å². The minimum absolute atomic E-state index is 0.128. The van der Waals surface area contributed by atoms with Crippen LogP contribution in [0.5, 0.6) is 11.6 Å². The number of aromatic nitrogens is 2. The predicted octanol–water partition coefficient (Wildman–Crippen LogP) is 3.82. The van der Waals surface area contributed by atoms with E-state index in [4.69, 9.17) is 16.3 Å². The third-order valence-corrected chi connectivity index (χ3v) is 5.73. The summed E-state index contributed by atoms with van der Waals surface area (Å²) in [7, 11) is 3.18. The van der Waals surface area contributed by atoms with Crippen molar-refractivity contribution in [3.8, 4) is 11.6 Å². The number of ether oxygens (including phenoxy) is 1. The van der Waals surface area contributed by atoms with Crippen molar-refractivity contribution in [2.24, 2.45) is 7.05 Å². The van der Waals surface area contributed by atoms with Crippen molar-refractivity contribution < 1.29 is 14.6 Å². The Hall–Kier alpha value is -3.84. The SMILES string of the molecule is COc1ccc(CNC(=O)c2ccc3c(c2)c(O)c(Cc2ccc(Cl)cc2)c(=O)n3C)cn1. The van der Waals surface area contributed by atoms with Gasteiger partial charge in [0.25, 0.3) is 11.5 Å². The zero-order chi connectivity index (χ0) is 23.5. The minimum atomic E-state index is -0.305. The van der Waals surface area contributed by atoms with Gasteiger partial charge in [-0.1, -0.05) is 29.8 Å². The normalized spacial score (nSPS) is 10.9. The van der Waals surface area contributed by atoms with E-state index in [0.29, 0.717) is 27.4 Å². The van der Waals surface area contributed by atoms with Gasteiger partial charge in [-0.15, -0.1) is 0 Å². The molecule has 7 nitrogen and oxygen atoms in total. The number of pyridine rings is 2. The first-order chi connectivity index (χ1) is 15.9. The Morgan fingerprint density at radius 1 is 1.12 bits per heavy atom. The van der Waals surface area contributed by atoms with Crippen LogP contribution in [0.1, 0.15) is 27.0 Å². The summed E-state index contributed by atoms with van der Waals surface area (Å²) >= 11 is 5.94. The lowest BCUT2D eigenvalue weighted by molar-refractivity contribution is 0.0951. The fourth-order valence-corrected chi connectivity index (χ4v) is 3.75. The molecule has 2 heterocycles. The fraction of sp³-hybridized carbons (Fsp3) is 0.160. The number of nitrogens with zero attached hydrogens (tertiary/aromatic N) is 2. The summed E-state index contributed by atoms with van der Waals surface area (Å²) in [6.45, 7) is 0.287. The molecule has 2 aromatic heterocycles. The number of amides is 1. The number of methoxy groups -OCH3 is 1. The van der Waals surface area contributed by atoms with Gasteiger partial charge in [-0.3, -0.25) is 9.59 Å². The molecule has 2 aromatic carbocycles. The summed E-state index contributed by atoms with van der Waals surface area (Å²) in [4.78, 5) is 29.7. The average Bonchev–Trinajstić information content (AvgIpc) is 2.85. The molecule has 4 rings (SSSR count). The van der Waals surface area contributed by atoms with Crippen LogP contribution in [-0.2, 0) is 20.0 Å². The van der Waals surface area contributed by atoms with Gasteiger partial charge in [-0.25, -0.2) is 4.98 Å². The molecule has 1 amide bonds. The van der Waals surface area contributed by atoms with Gasteiger partial charge in [0.1, 0.15) is 5.75 Å². The lowest BCUT2D eigenvalue weighted by Gasteiger charge is -2.13. The van der Waals surface area contributed by atoms with E-state index in [1.165, 1.54) is 11.7 Å². The number of carbonyl (C=O) groups excluding carboxylic acids is 1. The van der Waals surface area contributed by atoms with Gasteiger partial charge >= 0.3 is 0 Å². The molecule has 0 saturated heterocycles. The molecule has 2 N–H and O–H groups in total. The Balaban J connectivity index is 1.63. The molecule has 4 aromatic rings. The molecule has 0 atom stereocenters. The number of aryl methyl sites for hydroxylation is 1. The highest BCUT2D eigenvalue weighted by Gasteiger charge is 2.17. The molecule has 0 aliphatic heterocycles. The van der Waals surface area contributed by atoms with Crippen molar-refractivity contribution in [3.05, 3.63) is 98.4 Å². The van der Waals surface area contributed by atoms with Crippen molar-refractivity contribution in [1.29, 1.82) is 0 Å². The highest BCUT2D eigenvalue weighted by molar-refractivity contribution is 6.30. The second kappa shape index (κ2) is 9.34. The number of aromatic hydroxyl groups is 1. The molecule has 0 aliphatic carbocycles. The highest BCUT2D eigenvalue weighted by atomic mass is 35.5. The van der Waals surface area contributed by atoms with Gasteiger partial charge < -0.3 is 19.7 Å². The summed E-state index contributed by atoms with van der Waals surface area (Å²) in [5.74, 6) is 0.0624. The highest BCUT2D eigenvalue weighted by Crippen LogP contribution is 2.29. The number of hydrogen-bond donors (Lipinski definition) is 2. The van der Waals surface area contributed by atoms with E-state index >= 15 is 0 Å². The number of benzene rings is 2. The molecule has 0 bridgehead atoms. The molecule has 168 valence electrons. The molecule has 0 saturated carbocycles. The lowest BCUT2D eigenvalue weighted by atomic mass is 10.0. The number of rotatable bonds is 6. The van der Waals surface area contributed by atoms with E-state index in [1.54, 1.807) is 49.6 Å². The average molecular weight is 464 g/mol. The Morgan fingerprint density at radius 2 is 1.85 bits per heavy atom. The number of hydrogen-bond acceptors (Lipinski definition) is 5. The third kappa shape index (κ3) is 4.68. The van der Waals surface area contributed by atoms with E-state index in [0.717, 1.165) is 11.1 Å². The zero-order valence-electron chi connectivity index (χ0n) is 18.1. The molecule has 0 unspecified atom stereocenters. The summed E-state index contributed by atoms with van der Waals surface area (Å²) in [6, 6.07) is 15.5. The van der Waals surface area contributed by atoms with Gasteiger partial charge in [0.2, 0.25) is 5.88 Å². The Morgan fingerprint density at radius 3 is 2.52 bits per heavy atom. The summed E-state index contributed by atoms with van der Waals surface area (Å²) in [6.07, 6.45) is 1.87. The topological polar surface area (TPSA) is 93.5 Å². The minimum Gasteiger partial charge on any atom is -0.507 e. The van der Waals surface area contributed by atoms with Gasteiger partial charge in [0, 0.05) is 48.2 Å². The van der Waals surface area contributed by atoms with Crippen LogP contribution in [0.4, 0.5) is 0 Å². The standard InChI is InChI=1S/C25H22ClN3O4/c1-29-21-9-6-17(24(31)28-14-16-5-10-22(33-2)27-13-16)12-19(21)23(30)20(25(29)32)11-15-3-7-18(26)8-4-15/h3-10,12-13,30H,11,14H2,1-2H3,(H,28,31). The van der Waals surface area contributed by atoms with Crippen molar-refractivity contribution in [2.45, 2.75) is 13.0 Å². The van der Waals surface area contributed by atoms with Gasteiger partial charge in [0.05, 0.1) is 18.2 Å². The van der Waals surface area contributed by atoms with Crippen LogP contribution in [-0.4, -0.2) is 27.7 Å². The van der Waals surface area contributed by atoms with E-state index in [1.807, 2.05) is 18.2 Å². The van der Waals surface area contributed by atoms with Crippen LogP contribution in [0.2, 0.25) is 5.02 Å². The molecule has 0 aliphatic rings. The fourth-order valence-electron chi connectivity index (χ4n) is 3.62. The lowest BCUT2D eigenvalue weighted by Crippen LogP contribution is -2.24. The van der Waals surface area contributed by atoms with Crippen LogP contribution >= 0.6 is 11.6 Å². The molecular weight excluding hydrogens is 442 g/mol. The van der Waals surface area contributed by atoms with E-state index in [2.05, 4.69) is 10.3 Å². The largest absolute Gasteiger partial charge is 0.507 e. The second-order valence-corrected chi connectivity index (χ2v) is 8.05. The van der Waals surface area contributed by atoms with E-state index in [-0.39, 0.29) is 35.7 Å². The molecular formula is C25H22ClN3O4. The molecule has 0 radical (unpaired) electrons. The van der Waals surface area contributed by atoms with Crippen LogP contribution in [0, 0.1) is 0 Å². The second-order valence-electron chi connectivity index (χ2n) is 7.62. The van der Waals surface area contributed by atoms with Gasteiger partial charge in [0.15, 0.2) is 0 Å². The third-order valence-electron chi connectivity index (χ3n) is 5.48. The number of carbonyl (C=O) groups is 1. The number of fused-ring (bicyclic) bond motifs is 1. The molecule has 8 heteroatoms. The summed E-state index contributed by atoms with van der Waals surface area (Å²) < 4.78 is 6.51. The monoisotopic (exact) mass is 463 g/mol.